The number of likely N-dealkylation sites (tertiary alicyclic amines) is 1. The third-order valence-electron chi connectivity index (χ3n) is 4.17. The van der Waals surface area contributed by atoms with Crippen molar-refractivity contribution in [3.05, 3.63) is 41.4 Å². The Morgan fingerprint density at radius 1 is 1.38 bits per heavy atom. The van der Waals surface area contributed by atoms with Crippen LogP contribution in [0.25, 0.3) is 0 Å². The van der Waals surface area contributed by atoms with E-state index in [1.165, 1.54) is 12.0 Å². The van der Waals surface area contributed by atoms with Gasteiger partial charge in [-0.2, -0.15) is 0 Å². The van der Waals surface area contributed by atoms with Crippen LogP contribution < -0.4 is 5.32 Å². The minimum Gasteiger partial charge on any atom is -0.370 e. The monoisotopic (exact) mass is 286 g/mol. The third kappa shape index (κ3) is 3.42. The predicted octanol–water partition coefficient (Wildman–Crippen LogP) is 2.62. The number of rotatable bonds is 5. The summed E-state index contributed by atoms with van der Waals surface area (Å²) in [4.78, 5) is 6.78. The number of hydrogen-bond donors (Lipinski definition) is 1. The van der Waals surface area contributed by atoms with Gasteiger partial charge in [-0.15, -0.1) is 0 Å². The van der Waals surface area contributed by atoms with Crippen LogP contribution in [0.4, 0.5) is 5.82 Å². The predicted molar refractivity (Wildman–Crippen MR) is 82.1 cm³/mol. The van der Waals surface area contributed by atoms with Gasteiger partial charge >= 0.3 is 0 Å². The van der Waals surface area contributed by atoms with Gasteiger partial charge < -0.3 is 9.84 Å². The molecule has 1 unspecified atom stereocenters. The number of anilines is 1. The van der Waals surface area contributed by atoms with E-state index < -0.39 is 0 Å². The molecule has 0 radical (unpaired) electrons. The molecule has 5 nitrogen and oxygen atoms in total. The van der Waals surface area contributed by atoms with Crippen molar-refractivity contribution in [1.82, 2.24) is 15.0 Å². The van der Waals surface area contributed by atoms with Gasteiger partial charge in [0.05, 0.1) is 5.69 Å². The van der Waals surface area contributed by atoms with Gasteiger partial charge in [0.25, 0.3) is 0 Å². The van der Waals surface area contributed by atoms with Crippen molar-refractivity contribution in [3.63, 3.8) is 0 Å². The molecular weight excluding hydrogens is 264 g/mol. The van der Waals surface area contributed by atoms with Crippen molar-refractivity contribution < 1.29 is 4.52 Å². The Morgan fingerprint density at radius 2 is 2.29 bits per heavy atom. The van der Waals surface area contributed by atoms with Crippen molar-refractivity contribution in [2.24, 2.45) is 5.92 Å². The van der Waals surface area contributed by atoms with Gasteiger partial charge in [-0.25, -0.2) is 4.98 Å². The molecule has 5 heteroatoms. The molecule has 3 heterocycles. The van der Waals surface area contributed by atoms with E-state index in [1.807, 2.05) is 38.2 Å². The Hall–Kier alpha value is -1.88. The second kappa shape index (κ2) is 6.26. The maximum Gasteiger partial charge on any atom is 0.138 e. The second-order valence-electron chi connectivity index (χ2n) is 5.79. The molecule has 2 aromatic rings. The molecule has 0 aliphatic carbocycles. The van der Waals surface area contributed by atoms with E-state index in [0.29, 0.717) is 5.92 Å². The highest BCUT2D eigenvalue weighted by Gasteiger charge is 2.24. The van der Waals surface area contributed by atoms with E-state index >= 15 is 0 Å². The van der Waals surface area contributed by atoms with Crippen LogP contribution in [0.2, 0.25) is 0 Å². The maximum atomic E-state index is 5.24. The number of pyridine rings is 1. The Labute approximate surface area is 125 Å². The van der Waals surface area contributed by atoms with Gasteiger partial charge in [0.1, 0.15) is 11.6 Å². The number of aryl methyl sites for hydroxylation is 2. The highest BCUT2D eigenvalue weighted by molar-refractivity contribution is 5.33. The molecule has 21 heavy (non-hydrogen) atoms. The molecule has 1 N–H and O–H groups in total. The summed E-state index contributed by atoms with van der Waals surface area (Å²) < 4.78 is 5.24. The molecule has 112 valence electrons. The summed E-state index contributed by atoms with van der Waals surface area (Å²) in [6.45, 7) is 8.19. The Bertz CT molecular complexity index is 562. The number of hydrogen-bond acceptors (Lipinski definition) is 5. The van der Waals surface area contributed by atoms with Crippen LogP contribution in [-0.4, -0.2) is 34.7 Å². The van der Waals surface area contributed by atoms with Crippen LogP contribution in [0.3, 0.4) is 0 Å². The molecule has 1 aliphatic rings. The van der Waals surface area contributed by atoms with Crippen LogP contribution in [0.5, 0.6) is 0 Å². The van der Waals surface area contributed by atoms with E-state index in [1.54, 1.807) is 0 Å². The molecular formula is C16H22N4O. The van der Waals surface area contributed by atoms with Crippen LogP contribution in [-0.2, 0) is 6.54 Å². The SMILES string of the molecule is Cc1noc(C)c1CN1CCC(CNc2ccccn2)C1. The summed E-state index contributed by atoms with van der Waals surface area (Å²) in [5.41, 5.74) is 2.26. The average molecular weight is 286 g/mol. The Kier molecular flexibility index (Phi) is 4.20. The summed E-state index contributed by atoms with van der Waals surface area (Å²) in [5, 5.41) is 7.45. The van der Waals surface area contributed by atoms with Gasteiger partial charge in [-0.1, -0.05) is 11.2 Å². The first kappa shape index (κ1) is 14.1. The van der Waals surface area contributed by atoms with E-state index in [2.05, 4.69) is 20.4 Å². The van der Waals surface area contributed by atoms with Gasteiger partial charge in [0, 0.05) is 31.4 Å². The standard InChI is InChI=1S/C16H22N4O/c1-12-15(13(2)21-19-12)11-20-8-6-14(10-20)9-18-16-5-3-4-7-17-16/h3-5,7,14H,6,8-11H2,1-2H3,(H,17,18). The fraction of sp³-hybridized carbons (Fsp3) is 0.500. The van der Waals surface area contributed by atoms with E-state index in [0.717, 1.165) is 43.5 Å². The lowest BCUT2D eigenvalue weighted by Gasteiger charge is -2.16. The first-order valence-electron chi connectivity index (χ1n) is 7.51. The first-order valence-corrected chi connectivity index (χ1v) is 7.51. The first-order chi connectivity index (χ1) is 10.2. The normalized spacial score (nSPS) is 19.0. The highest BCUT2D eigenvalue weighted by atomic mass is 16.5. The Morgan fingerprint density at radius 3 is 3.00 bits per heavy atom. The summed E-state index contributed by atoms with van der Waals surface area (Å²) in [5.74, 6) is 2.58. The second-order valence-corrected chi connectivity index (χ2v) is 5.79. The molecule has 1 fully saturated rings. The average Bonchev–Trinajstić information content (AvgIpc) is 3.08. The minimum absolute atomic E-state index is 0.674. The van der Waals surface area contributed by atoms with E-state index in [-0.39, 0.29) is 0 Å². The Balaban J connectivity index is 1.49. The maximum absolute atomic E-state index is 5.24. The third-order valence-corrected chi connectivity index (χ3v) is 4.17. The lowest BCUT2D eigenvalue weighted by molar-refractivity contribution is 0.315. The van der Waals surface area contributed by atoms with Gasteiger partial charge in [-0.3, -0.25) is 4.90 Å². The van der Waals surface area contributed by atoms with Gasteiger partial charge in [0.2, 0.25) is 0 Å². The highest BCUT2D eigenvalue weighted by Crippen LogP contribution is 2.22. The molecule has 0 spiro atoms. The van der Waals surface area contributed by atoms with Gasteiger partial charge in [-0.05, 0) is 44.9 Å². The van der Waals surface area contributed by atoms with E-state index in [4.69, 9.17) is 4.52 Å². The quantitative estimate of drug-likeness (QED) is 0.915. The largest absolute Gasteiger partial charge is 0.370 e. The fourth-order valence-electron chi connectivity index (χ4n) is 2.89. The van der Waals surface area contributed by atoms with Crippen LogP contribution in [0.15, 0.2) is 28.9 Å². The molecule has 1 saturated heterocycles. The summed E-state index contributed by atoms with van der Waals surface area (Å²) in [6, 6.07) is 5.95. The lowest BCUT2D eigenvalue weighted by Crippen LogP contribution is -2.23. The molecule has 0 saturated carbocycles. The van der Waals surface area contributed by atoms with E-state index in [9.17, 15) is 0 Å². The molecule has 3 rings (SSSR count). The van der Waals surface area contributed by atoms with Crippen molar-refractivity contribution in [3.8, 4) is 0 Å². The van der Waals surface area contributed by atoms with Crippen molar-refractivity contribution in [2.45, 2.75) is 26.8 Å². The van der Waals surface area contributed by atoms with Crippen LogP contribution in [0, 0.1) is 19.8 Å². The molecule has 1 aliphatic heterocycles. The zero-order valence-corrected chi connectivity index (χ0v) is 12.7. The molecule has 1 atom stereocenters. The number of nitrogens with zero attached hydrogens (tertiary/aromatic N) is 3. The summed E-state index contributed by atoms with van der Waals surface area (Å²) >= 11 is 0. The number of nitrogens with one attached hydrogen (secondary N) is 1. The lowest BCUT2D eigenvalue weighted by atomic mass is 10.1. The zero-order valence-electron chi connectivity index (χ0n) is 12.7. The van der Waals surface area contributed by atoms with Crippen molar-refractivity contribution >= 4 is 5.82 Å². The van der Waals surface area contributed by atoms with Crippen molar-refractivity contribution in [2.75, 3.05) is 25.0 Å². The summed E-state index contributed by atoms with van der Waals surface area (Å²) in [7, 11) is 0. The summed E-state index contributed by atoms with van der Waals surface area (Å²) in [6.07, 6.45) is 3.05. The molecule has 0 bridgehead atoms. The van der Waals surface area contributed by atoms with Crippen LogP contribution >= 0.6 is 0 Å². The molecule has 0 aromatic carbocycles. The smallest absolute Gasteiger partial charge is 0.138 e. The zero-order chi connectivity index (χ0) is 14.7. The van der Waals surface area contributed by atoms with Crippen molar-refractivity contribution in [1.29, 1.82) is 0 Å². The minimum atomic E-state index is 0.674. The molecule has 0 amide bonds. The molecule has 2 aromatic heterocycles. The fourth-order valence-corrected chi connectivity index (χ4v) is 2.89. The van der Waals surface area contributed by atoms with Gasteiger partial charge in [0.15, 0.2) is 0 Å². The van der Waals surface area contributed by atoms with Crippen LogP contribution in [0.1, 0.15) is 23.4 Å². The topological polar surface area (TPSA) is 54.2 Å². The number of aromatic nitrogens is 2.